The topological polar surface area (TPSA) is 35.9 Å². The first-order valence-corrected chi connectivity index (χ1v) is 17.3. The Bertz CT molecular complexity index is 3130. The van der Waals surface area contributed by atoms with E-state index in [1.807, 2.05) is 18.3 Å². The molecule has 4 aromatic heterocycles. The van der Waals surface area contributed by atoms with E-state index >= 15 is 0 Å². The lowest BCUT2D eigenvalue weighted by Gasteiger charge is -2.09. The van der Waals surface area contributed by atoms with Gasteiger partial charge in [-0.1, -0.05) is 91.0 Å². The van der Waals surface area contributed by atoms with Crippen LogP contribution in [0.4, 0.5) is 0 Å². The van der Waals surface area contributed by atoms with Crippen LogP contribution in [-0.2, 0) is 0 Å². The second-order valence-corrected chi connectivity index (χ2v) is 13.2. The smallest absolute Gasteiger partial charge is 0.153 e. The Kier molecular flexibility index (Phi) is 5.92. The highest BCUT2D eigenvalue weighted by atomic mass is 16.3. The van der Waals surface area contributed by atoms with Gasteiger partial charge < -0.3 is 13.6 Å². The molecule has 238 valence electrons. The molecule has 4 heterocycles. The zero-order valence-electron chi connectivity index (χ0n) is 27.5. The minimum Gasteiger partial charge on any atom is -0.454 e. The first-order valence-electron chi connectivity index (χ1n) is 17.3. The number of para-hydroxylation sites is 3. The summed E-state index contributed by atoms with van der Waals surface area (Å²) < 4.78 is 10.8. The van der Waals surface area contributed by atoms with Crippen molar-refractivity contribution in [1.29, 1.82) is 0 Å². The van der Waals surface area contributed by atoms with Crippen LogP contribution < -0.4 is 0 Å². The van der Waals surface area contributed by atoms with Crippen molar-refractivity contribution in [1.82, 2.24) is 14.1 Å². The average molecular weight is 652 g/mol. The maximum absolute atomic E-state index is 6.08. The second-order valence-electron chi connectivity index (χ2n) is 13.2. The molecule has 0 fully saturated rings. The van der Waals surface area contributed by atoms with E-state index in [1.165, 1.54) is 71.6 Å². The van der Waals surface area contributed by atoms with E-state index in [1.54, 1.807) is 0 Å². The Labute approximate surface area is 293 Å². The van der Waals surface area contributed by atoms with Crippen molar-refractivity contribution in [2.24, 2.45) is 0 Å². The summed E-state index contributed by atoms with van der Waals surface area (Å²) in [7, 11) is 0. The monoisotopic (exact) mass is 651 g/mol. The SMILES string of the molecule is c1ccc(-n2c3ccccc3c3cc(-c4ccc(-c5ccc6c(c5)c5ccccc5n6-c5ccc6oc7cccnc7c6c5)cc4)ccc32)cc1. The maximum atomic E-state index is 6.08. The van der Waals surface area contributed by atoms with Crippen LogP contribution in [-0.4, -0.2) is 14.1 Å². The summed E-state index contributed by atoms with van der Waals surface area (Å²) in [6.07, 6.45) is 1.82. The largest absolute Gasteiger partial charge is 0.454 e. The molecule has 0 unspecified atom stereocenters. The van der Waals surface area contributed by atoms with Gasteiger partial charge in [-0.15, -0.1) is 0 Å². The number of aromatic nitrogens is 3. The average Bonchev–Trinajstić information content (AvgIpc) is 3.85. The minimum atomic E-state index is 0.804. The Morgan fingerprint density at radius 3 is 1.55 bits per heavy atom. The molecule has 4 heteroatoms. The first-order chi connectivity index (χ1) is 25.3. The molecule has 4 nitrogen and oxygen atoms in total. The molecule has 0 atom stereocenters. The lowest BCUT2D eigenvalue weighted by molar-refractivity contribution is 0.668. The number of rotatable bonds is 4. The molecule has 0 spiro atoms. The molecule has 51 heavy (non-hydrogen) atoms. The Hall–Kier alpha value is -6.91. The molecule has 0 radical (unpaired) electrons. The zero-order valence-corrected chi connectivity index (χ0v) is 27.5. The maximum Gasteiger partial charge on any atom is 0.153 e. The van der Waals surface area contributed by atoms with Gasteiger partial charge in [0, 0.05) is 44.5 Å². The number of furan rings is 1. The van der Waals surface area contributed by atoms with Crippen molar-refractivity contribution in [3.63, 3.8) is 0 Å². The van der Waals surface area contributed by atoms with Crippen LogP contribution in [0.5, 0.6) is 0 Å². The van der Waals surface area contributed by atoms with Crippen molar-refractivity contribution in [3.8, 4) is 33.6 Å². The Morgan fingerprint density at radius 1 is 0.353 bits per heavy atom. The van der Waals surface area contributed by atoms with Crippen LogP contribution in [0.1, 0.15) is 0 Å². The normalized spacial score (nSPS) is 11.9. The van der Waals surface area contributed by atoms with E-state index in [0.717, 1.165) is 27.8 Å². The summed E-state index contributed by atoms with van der Waals surface area (Å²) in [5, 5.41) is 5.99. The highest BCUT2D eigenvalue weighted by Crippen LogP contribution is 2.38. The number of hydrogen-bond acceptors (Lipinski definition) is 2. The highest BCUT2D eigenvalue weighted by molar-refractivity contribution is 6.12. The fourth-order valence-electron chi connectivity index (χ4n) is 8.02. The van der Waals surface area contributed by atoms with Gasteiger partial charge in [0.25, 0.3) is 0 Å². The van der Waals surface area contributed by atoms with Crippen LogP contribution in [0.3, 0.4) is 0 Å². The predicted octanol–water partition coefficient (Wildman–Crippen LogP) is 12.5. The van der Waals surface area contributed by atoms with Crippen molar-refractivity contribution < 1.29 is 4.42 Å². The molecular formula is C47H29N3O. The number of fused-ring (bicyclic) bond motifs is 9. The van der Waals surface area contributed by atoms with E-state index in [9.17, 15) is 0 Å². The van der Waals surface area contributed by atoms with Crippen molar-refractivity contribution >= 4 is 65.7 Å². The van der Waals surface area contributed by atoms with E-state index in [4.69, 9.17) is 4.42 Å². The molecule has 0 bridgehead atoms. The van der Waals surface area contributed by atoms with Crippen LogP contribution in [0.15, 0.2) is 180 Å². The number of pyridine rings is 1. The molecule has 11 rings (SSSR count). The fourth-order valence-corrected chi connectivity index (χ4v) is 8.02. The molecule has 0 amide bonds. The quantitative estimate of drug-likeness (QED) is 0.190. The zero-order chi connectivity index (χ0) is 33.5. The third kappa shape index (κ3) is 4.23. The number of hydrogen-bond donors (Lipinski definition) is 0. The molecule has 0 aliphatic carbocycles. The van der Waals surface area contributed by atoms with E-state index in [2.05, 4.69) is 172 Å². The van der Waals surface area contributed by atoms with Gasteiger partial charge in [0.15, 0.2) is 5.58 Å². The summed E-state index contributed by atoms with van der Waals surface area (Å²) in [4.78, 5) is 4.62. The van der Waals surface area contributed by atoms with Crippen molar-refractivity contribution in [2.45, 2.75) is 0 Å². The number of benzene rings is 7. The van der Waals surface area contributed by atoms with Gasteiger partial charge >= 0.3 is 0 Å². The van der Waals surface area contributed by atoms with E-state index in [-0.39, 0.29) is 0 Å². The second kappa shape index (κ2) is 10.8. The van der Waals surface area contributed by atoms with Gasteiger partial charge in [0.2, 0.25) is 0 Å². The van der Waals surface area contributed by atoms with Gasteiger partial charge in [0.05, 0.1) is 22.1 Å². The highest BCUT2D eigenvalue weighted by Gasteiger charge is 2.16. The van der Waals surface area contributed by atoms with Crippen LogP contribution in [0.2, 0.25) is 0 Å². The van der Waals surface area contributed by atoms with Gasteiger partial charge in [-0.3, -0.25) is 4.98 Å². The summed E-state index contributed by atoms with van der Waals surface area (Å²) in [6.45, 7) is 0. The molecule has 0 saturated carbocycles. The van der Waals surface area contributed by atoms with E-state index < -0.39 is 0 Å². The third-order valence-electron chi connectivity index (χ3n) is 10.4. The van der Waals surface area contributed by atoms with Crippen LogP contribution in [0, 0.1) is 0 Å². The Balaban J connectivity index is 0.995. The summed E-state index contributed by atoms with van der Waals surface area (Å²) >= 11 is 0. The molecule has 0 aliphatic heterocycles. The lowest BCUT2D eigenvalue weighted by atomic mass is 9.98. The fraction of sp³-hybridized carbons (Fsp3) is 0. The van der Waals surface area contributed by atoms with Gasteiger partial charge in [-0.05, 0) is 101 Å². The summed E-state index contributed by atoms with van der Waals surface area (Å²) in [5.74, 6) is 0. The standard InChI is InChI=1S/C47H29N3O/c1-2-9-34(10-3-1)49-41-13-6-4-11-36(41)38-27-32(20-23-43(38)49)30-16-18-31(19-17-30)33-21-24-44-39(28-33)37-12-5-7-14-42(37)50(44)35-22-25-45-40(29-35)47-46(51-45)15-8-26-48-47/h1-29H. The van der Waals surface area contributed by atoms with E-state index in [0.29, 0.717) is 0 Å². The molecule has 7 aromatic carbocycles. The van der Waals surface area contributed by atoms with Crippen LogP contribution in [0.25, 0.3) is 99.3 Å². The molecule has 0 N–H and O–H groups in total. The lowest BCUT2D eigenvalue weighted by Crippen LogP contribution is -1.93. The summed E-state index contributed by atoms with van der Waals surface area (Å²) in [5.41, 5.74) is 14.4. The van der Waals surface area contributed by atoms with Crippen molar-refractivity contribution in [2.75, 3.05) is 0 Å². The van der Waals surface area contributed by atoms with Crippen molar-refractivity contribution in [3.05, 3.63) is 176 Å². The third-order valence-corrected chi connectivity index (χ3v) is 10.4. The van der Waals surface area contributed by atoms with Gasteiger partial charge in [0.1, 0.15) is 11.1 Å². The molecule has 0 saturated heterocycles. The molecule has 0 aliphatic rings. The van der Waals surface area contributed by atoms with Crippen LogP contribution >= 0.6 is 0 Å². The summed E-state index contributed by atoms with van der Waals surface area (Å²) in [6, 6.07) is 60.9. The molecular weight excluding hydrogens is 623 g/mol. The van der Waals surface area contributed by atoms with Gasteiger partial charge in [-0.2, -0.15) is 0 Å². The first kappa shape index (κ1) is 28.0. The Morgan fingerprint density at radius 2 is 0.902 bits per heavy atom. The number of nitrogens with zero attached hydrogens (tertiary/aromatic N) is 3. The molecule has 11 aromatic rings. The predicted molar refractivity (Wildman–Crippen MR) is 211 cm³/mol. The van der Waals surface area contributed by atoms with Gasteiger partial charge in [-0.25, -0.2) is 0 Å². The minimum absolute atomic E-state index is 0.804.